The predicted molar refractivity (Wildman–Crippen MR) is 105 cm³/mol. The Balaban J connectivity index is 1.75. The van der Waals surface area contributed by atoms with Gasteiger partial charge in [-0.05, 0) is 42.7 Å². The van der Waals surface area contributed by atoms with Gasteiger partial charge in [-0.3, -0.25) is 15.0 Å². The molecule has 0 spiro atoms. The molecule has 26 heavy (non-hydrogen) atoms. The van der Waals surface area contributed by atoms with Crippen LogP contribution in [-0.2, 0) is 9.59 Å². The van der Waals surface area contributed by atoms with E-state index in [4.69, 9.17) is 0 Å². The summed E-state index contributed by atoms with van der Waals surface area (Å²) in [5.41, 5.74) is 9.34. The van der Waals surface area contributed by atoms with Gasteiger partial charge in [-0.1, -0.05) is 49.4 Å². The van der Waals surface area contributed by atoms with Gasteiger partial charge in [-0.2, -0.15) is 0 Å². The van der Waals surface area contributed by atoms with Gasteiger partial charge in [0, 0.05) is 24.2 Å². The molecule has 5 nitrogen and oxygen atoms in total. The Morgan fingerprint density at radius 2 is 1.65 bits per heavy atom. The average molecular weight is 351 g/mol. The van der Waals surface area contributed by atoms with Crippen LogP contribution in [0.4, 0.5) is 5.69 Å². The van der Waals surface area contributed by atoms with E-state index in [9.17, 15) is 9.59 Å². The van der Waals surface area contributed by atoms with Crippen molar-refractivity contribution in [3.63, 3.8) is 0 Å². The molecule has 0 fully saturated rings. The highest BCUT2D eigenvalue weighted by Gasteiger charge is 2.07. The van der Waals surface area contributed by atoms with E-state index < -0.39 is 0 Å². The predicted octanol–water partition coefficient (Wildman–Crippen LogP) is 3.79. The van der Waals surface area contributed by atoms with Crippen LogP contribution in [0.15, 0.2) is 60.3 Å². The Morgan fingerprint density at radius 1 is 0.923 bits per heavy atom. The maximum absolute atomic E-state index is 11.9. The molecule has 2 aromatic carbocycles. The molecule has 2 aromatic rings. The third-order valence-electron chi connectivity index (χ3n) is 3.76. The number of aryl methyl sites for hydroxylation is 1. The van der Waals surface area contributed by atoms with Gasteiger partial charge in [0.05, 0.1) is 0 Å². The maximum Gasteiger partial charge on any atom is 0.238 e. The van der Waals surface area contributed by atoms with Crippen molar-refractivity contribution in [2.75, 3.05) is 5.32 Å². The molecule has 5 heteroatoms. The Labute approximate surface area is 154 Å². The number of hydrogen-bond acceptors (Lipinski definition) is 3. The minimum Gasteiger partial charge on any atom is -0.326 e. The normalized spacial score (nSPS) is 10.9. The molecular formula is C21H25N3O2. The fourth-order valence-corrected chi connectivity index (χ4v) is 2.36. The number of rotatable bonds is 8. The molecule has 0 radical (unpaired) electrons. The standard InChI is InChI=1S/C21H25N3O2/c1-3-18(15-17-9-5-4-6-10-17)23-24-21(26)13-12-20(25)22-19-11-7-8-16(2)14-19/h4-11,14-15,23H,3,12-13H2,1-2H3,(H,22,25)(H,24,26)/b18-15-. The summed E-state index contributed by atoms with van der Waals surface area (Å²) >= 11 is 0. The summed E-state index contributed by atoms with van der Waals surface area (Å²) in [6, 6.07) is 17.4. The van der Waals surface area contributed by atoms with E-state index in [1.54, 1.807) is 0 Å². The van der Waals surface area contributed by atoms with Crippen molar-refractivity contribution in [1.29, 1.82) is 0 Å². The van der Waals surface area contributed by atoms with Crippen molar-refractivity contribution in [3.8, 4) is 0 Å². The molecule has 0 saturated heterocycles. The number of carbonyl (C=O) groups excluding carboxylic acids is 2. The van der Waals surface area contributed by atoms with Crippen LogP contribution < -0.4 is 16.2 Å². The summed E-state index contributed by atoms with van der Waals surface area (Å²) < 4.78 is 0. The molecule has 2 amide bonds. The Hall–Kier alpha value is -3.08. The van der Waals surface area contributed by atoms with Crippen molar-refractivity contribution >= 4 is 23.6 Å². The number of anilines is 1. The van der Waals surface area contributed by atoms with Crippen molar-refractivity contribution < 1.29 is 9.59 Å². The van der Waals surface area contributed by atoms with Gasteiger partial charge in [0.25, 0.3) is 0 Å². The van der Waals surface area contributed by atoms with Gasteiger partial charge in [-0.15, -0.1) is 0 Å². The van der Waals surface area contributed by atoms with E-state index in [2.05, 4.69) is 16.2 Å². The van der Waals surface area contributed by atoms with E-state index in [0.717, 1.165) is 28.9 Å². The summed E-state index contributed by atoms with van der Waals surface area (Å²) in [6.07, 6.45) is 2.98. The zero-order chi connectivity index (χ0) is 18.8. The van der Waals surface area contributed by atoms with Gasteiger partial charge in [-0.25, -0.2) is 0 Å². The first-order chi connectivity index (χ1) is 12.6. The fourth-order valence-electron chi connectivity index (χ4n) is 2.36. The van der Waals surface area contributed by atoms with Gasteiger partial charge in [0.1, 0.15) is 0 Å². The van der Waals surface area contributed by atoms with Crippen LogP contribution in [0.2, 0.25) is 0 Å². The van der Waals surface area contributed by atoms with E-state index in [-0.39, 0.29) is 24.7 Å². The summed E-state index contributed by atoms with van der Waals surface area (Å²) in [4.78, 5) is 23.9. The van der Waals surface area contributed by atoms with Crippen molar-refractivity contribution in [3.05, 3.63) is 71.4 Å². The molecule has 0 heterocycles. The number of benzene rings is 2. The highest BCUT2D eigenvalue weighted by molar-refractivity contribution is 5.93. The third-order valence-corrected chi connectivity index (χ3v) is 3.76. The summed E-state index contributed by atoms with van der Waals surface area (Å²) in [7, 11) is 0. The lowest BCUT2D eigenvalue weighted by Gasteiger charge is -2.11. The van der Waals surface area contributed by atoms with Crippen molar-refractivity contribution in [2.24, 2.45) is 0 Å². The molecule has 0 aliphatic rings. The highest BCUT2D eigenvalue weighted by Crippen LogP contribution is 2.10. The first kappa shape index (κ1) is 19.2. The molecule has 0 unspecified atom stereocenters. The molecule has 0 saturated carbocycles. The second kappa shape index (κ2) is 10.0. The molecule has 0 atom stereocenters. The first-order valence-electron chi connectivity index (χ1n) is 8.74. The molecule has 0 aliphatic heterocycles. The number of hydrazine groups is 1. The van der Waals surface area contributed by atoms with Crippen molar-refractivity contribution in [1.82, 2.24) is 10.9 Å². The maximum atomic E-state index is 11.9. The van der Waals surface area contributed by atoms with Gasteiger partial charge in [0.2, 0.25) is 11.8 Å². The molecule has 0 bridgehead atoms. The number of nitrogens with one attached hydrogen (secondary N) is 3. The topological polar surface area (TPSA) is 70.2 Å². The third kappa shape index (κ3) is 6.81. The lowest BCUT2D eigenvalue weighted by atomic mass is 10.2. The molecular weight excluding hydrogens is 326 g/mol. The number of amides is 2. The summed E-state index contributed by atoms with van der Waals surface area (Å²) in [5, 5.41) is 2.80. The van der Waals surface area contributed by atoms with Crippen LogP contribution in [0.3, 0.4) is 0 Å². The SMILES string of the molecule is CC/C(=C/c1ccccc1)NNC(=O)CCC(=O)Nc1cccc(C)c1. The zero-order valence-corrected chi connectivity index (χ0v) is 15.2. The first-order valence-corrected chi connectivity index (χ1v) is 8.74. The summed E-state index contributed by atoms with van der Waals surface area (Å²) in [5.74, 6) is -0.405. The lowest BCUT2D eigenvalue weighted by molar-refractivity contribution is -0.124. The molecule has 0 aliphatic carbocycles. The van der Waals surface area contributed by atoms with Crippen LogP contribution >= 0.6 is 0 Å². The highest BCUT2D eigenvalue weighted by atomic mass is 16.2. The van der Waals surface area contributed by atoms with Gasteiger partial charge in [0.15, 0.2) is 0 Å². The van der Waals surface area contributed by atoms with Crippen LogP contribution in [-0.4, -0.2) is 11.8 Å². The number of hydrogen-bond donors (Lipinski definition) is 3. The smallest absolute Gasteiger partial charge is 0.238 e. The molecule has 0 aromatic heterocycles. The quantitative estimate of drug-likeness (QED) is 0.634. The monoisotopic (exact) mass is 351 g/mol. The average Bonchev–Trinajstić information content (AvgIpc) is 2.64. The van der Waals surface area contributed by atoms with Crippen LogP contribution in [0, 0.1) is 6.92 Å². The molecule has 2 rings (SSSR count). The minimum atomic E-state index is -0.225. The second-order valence-corrected chi connectivity index (χ2v) is 6.02. The minimum absolute atomic E-state index is 0.118. The Kier molecular flexibility index (Phi) is 7.43. The second-order valence-electron chi connectivity index (χ2n) is 6.02. The Bertz CT molecular complexity index is 770. The van der Waals surface area contributed by atoms with E-state index >= 15 is 0 Å². The van der Waals surface area contributed by atoms with E-state index in [0.29, 0.717) is 0 Å². The van der Waals surface area contributed by atoms with Crippen molar-refractivity contribution in [2.45, 2.75) is 33.1 Å². The number of allylic oxidation sites excluding steroid dienone is 1. The van der Waals surface area contributed by atoms with Crippen LogP contribution in [0.5, 0.6) is 0 Å². The molecule has 136 valence electrons. The van der Waals surface area contributed by atoms with Gasteiger partial charge < -0.3 is 10.7 Å². The number of carbonyl (C=O) groups is 2. The zero-order valence-electron chi connectivity index (χ0n) is 15.2. The summed E-state index contributed by atoms with van der Waals surface area (Å²) in [6.45, 7) is 3.96. The van der Waals surface area contributed by atoms with E-state index in [1.807, 2.05) is 74.5 Å². The van der Waals surface area contributed by atoms with Gasteiger partial charge >= 0.3 is 0 Å². The lowest BCUT2D eigenvalue weighted by Crippen LogP contribution is -2.36. The van der Waals surface area contributed by atoms with Crippen LogP contribution in [0.25, 0.3) is 6.08 Å². The van der Waals surface area contributed by atoms with E-state index in [1.165, 1.54) is 0 Å². The fraction of sp³-hybridized carbons (Fsp3) is 0.238. The van der Waals surface area contributed by atoms with Crippen LogP contribution in [0.1, 0.15) is 37.3 Å². The Morgan fingerprint density at radius 3 is 2.35 bits per heavy atom. The molecule has 3 N–H and O–H groups in total. The largest absolute Gasteiger partial charge is 0.326 e.